The van der Waals surface area contributed by atoms with E-state index in [0.717, 1.165) is 10.0 Å². The Labute approximate surface area is 57.4 Å². The molecule has 0 heterocycles. The van der Waals surface area contributed by atoms with Gasteiger partial charge in [-0.25, -0.2) is 0 Å². The molecule has 0 aromatic heterocycles. The van der Waals surface area contributed by atoms with Gasteiger partial charge in [0.1, 0.15) is 0 Å². The topological polar surface area (TPSA) is 26.0 Å². The van der Waals surface area contributed by atoms with Gasteiger partial charge in [0.2, 0.25) is 0 Å². The number of hydrogen-bond donors (Lipinski definition) is 1. The Bertz CT molecular complexity index is 168. The second-order valence-corrected chi connectivity index (χ2v) is 2.68. The van der Waals surface area contributed by atoms with Crippen LogP contribution in [0.5, 0.6) is 0 Å². The van der Waals surface area contributed by atoms with E-state index in [-0.39, 0.29) is 0 Å². The quantitative estimate of drug-likeness (QED) is 0.429. The van der Waals surface area contributed by atoms with Gasteiger partial charge in [-0.2, -0.15) is 0 Å². The van der Waals surface area contributed by atoms with Crippen LogP contribution < -0.4 is 10.1 Å². The molecular formula is C6H6AsN. The molecule has 0 aliphatic heterocycles. The third-order valence-corrected chi connectivity index (χ3v) is 1.45. The van der Waals surface area contributed by atoms with Gasteiger partial charge in [0.05, 0.1) is 0 Å². The summed E-state index contributed by atoms with van der Waals surface area (Å²) in [5.41, 5.74) is 6.27. The van der Waals surface area contributed by atoms with Gasteiger partial charge in [0.25, 0.3) is 0 Å². The summed E-state index contributed by atoms with van der Waals surface area (Å²) in [5.74, 6) is 0. The maximum absolute atomic E-state index is 5.45. The maximum atomic E-state index is 5.45. The van der Waals surface area contributed by atoms with Crippen LogP contribution in [0.1, 0.15) is 0 Å². The first kappa shape index (κ1) is 5.71. The Hall–Kier alpha value is -0.422. The Morgan fingerprint density at radius 2 is 2.12 bits per heavy atom. The van der Waals surface area contributed by atoms with E-state index in [4.69, 9.17) is 5.73 Å². The molecule has 0 amide bonds. The van der Waals surface area contributed by atoms with E-state index in [9.17, 15) is 0 Å². The minimum absolute atomic E-state index is 0.822. The number of hydrogen-bond acceptors (Lipinski definition) is 1. The van der Waals surface area contributed by atoms with Crippen molar-refractivity contribution >= 4 is 26.9 Å². The van der Waals surface area contributed by atoms with E-state index < -0.39 is 0 Å². The van der Waals surface area contributed by atoms with Crippen LogP contribution in [0.2, 0.25) is 0 Å². The van der Waals surface area contributed by atoms with Crippen LogP contribution in [-0.2, 0) is 0 Å². The number of nitrogens with two attached hydrogens (primary N) is 1. The molecule has 0 saturated heterocycles. The van der Waals surface area contributed by atoms with E-state index in [0.29, 0.717) is 0 Å². The SMILES string of the molecule is Nc1cccc([As])c1. The summed E-state index contributed by atoms with van der Waals surface area (Å²) in [6, 6.07) is 7.72. The molecule has 2 heteroatoms. The fourth-order valence-electron chi connectivity index (χ4n) is 0.525. The van der Waals surface area contributed by atoms with Gasteiger partial charge in [0, 0.05) is 0 Å². The molecule has 0 aliphatic rings. The van der Waals surface area contributed by atoms with Crippen LogP contribution in [0, 0.1) is 0 Å². The van der Waals surface area contributed by atoms with E-state index in [2.05, 4.69) is 16.9 Å². The van der Waals surface area contributed by atoms with Crippen LogP contribution in [0.3, 0.4) is 0 Å². The van der Waals surface area contributed by atoms with E-state index in [1.54, 1.807) is 0 Å². The van der Waals surface area contributed by atoms with Crippen molar-refractivity contribution in [3.05, 3.63) is 24.3 Å². The van der Waals surface area contributed by atoms with Gasteiger partial charge >= 0.3 is 56.9 Å². The fourth-order valence-corrected chi connectivity index (χ4v) is 1.02. The van der Waals surface area contributed by atoms with Crippen molar-refractivity contribution in [2.24, 2.45) is 0 Å². The van der Waals surface area contributed by atoms with Crippen LogP contribution >= 0.6 is 0 Å². The molecule has 1 aromatic carbocycles. The first-order valence-electron chi connectivity index (χ1n) is 2.33. The van der Waals surface area contributed by atoms with Crippen LogP contribution in [0.4, 0.5) is 5.69 Å². The second kappa shape index (κ2) is 2.23. The molecule has 2 N–H and O–H groups in total. The molecule has 0 saturated carbocycles. The molecule has 0 spiro atoms. The Morgan fingerprint density at radius 1 is 1.38 bits per heavy atom. The summed E-state index contributed by atoms with van der Waals surface area (Å²) in [4.78, 5) is 0. The third-order valence-electron chi connectivity index (χ3n) is 0.870. The van der Waals surface area contributed by atoms with Crippen molar-refractivity contribution in [1.29, 1.82) is 0 Å². The Morgan fingerprint density at radius 3 is 2.50 bits per heavy atom. The van der Waals surface area contributed by atoms with Gasteiger partial charge in [-0.15, -0.1) is 0 Å². The monoisotopic (exact) mass is 167 g/mol. The third kappa shape index (κ3) is 1.27. The molecule has 2 radical (unpaired) electrons. The Kier molecular flexibility index (Phi) is 1.59. The van der Waals surface area contributed by atoms with E-state index >= 15 is 0 Å². The first-order chi connectivity index (χ1) is 3.79. The molecular weight excluding hydrogens is 161 g/mol. The second-order valence-electron chi connectivity index (χ2n) is 1.59. The average molecular weight is 167 g/mol. The molecule has 1 rings (SSSR count). The molecule has 1 aromatic rings. The summed E-state index contributed by atoms with van der Waals surface area (Å²) in [6.45, 7) is 0. The number of benzene rings is 1. The predicted molar refractivity (Wildman–Crippen MR) is 36.2 cm³/mol. The van der Waals surface area contributed by atoms with Crippen LogP contribution in [0.25, 0.3) is 0 Å². The fraction of sp³-hybridized carbons (Fsp3) is 0. The normalized spacial score (nSPS) is 9.12. The molecule has 0 bridgehead atoms. The molecule has 0 atom stereocenters. The number of anilines is 1. The van der Waals surface area contributed by atoms with Crippen molar-refractivity contribution in [1.82, 2.24) is 0 Å². The van der Waals surface area contributed by atoms with Gasteiger partial charge in [-0.1, -0.05) is 0 Å². The molecule has 8 heavy (non-hydrogen) atoms. The van der Waals surface area contributed by atoms with Gasteiger partial charge < -0.3 is 0 Å². The Balaban J connectivity index is 3.08. The number of rotatable bonds is 0. The zero-order valence-corrected chi connectivity index (χ0v) is 6.21. The van der Waals surface area contributed by atoms with Crippen molar-refractivity contribution in [2.45, 2.75) is 0 Å². The molecule has 40 valence electrons. The minimum atomic E-state index is 0.822. The summed E-state index contributed by atoms with van der Waals surface area (Å²) in [5, 5.41) is 0. The molecule has 0 aliphatic carbocycles. The van der Waals surface area contributed by atoms with Crippen molar-refractivity contribution in [2.75, 3.05) is 5.73 Å². The molecule has 0 fully saturated rings. The van der Waals surface area contributed by atoms with Crippen molar-refractivity contribution in [3.8, 4) is 0 Å². The summed E-state index contributed by atoms with van der Waals surface area (Å²) in [6.07, 6.45) is 0. The average Bonchev–Trinajstić information content (AvgIpc) is 1.64. The standard InChI is InChI=1S/C6H6AsN/c7-5-2-1-3-6(8)4-5/h1-4H,8H2. The zero-order valence-electron chi connectivity index (χ0n) is 4.33. The van der Waals surface area contributed by atoms with Gasteiger partial charge in [-0.05, 0) is 0 Å². The summed E-state index contributed by atoms with van der Waals surface area (Å²) in [7, 11) is 0. The first-order valence-corrected chi connectivity index (χ1v) is 3.27. The summed E-state index contributed by atoms with van der Waals surface area (Å²) < 4.78 is 1.15. The molecule has 0 unspecified atom stereocenters. The van der Waals surface area contributed by atoms with E-state index in [1.165, 1.54) is 0 Å². The van der Waals surface area contributed by atoms with Crippen LogP contribution in [-0.4, -0.2) is 16.9 Å². The number of nitrogen functional groups attached to an aromatic ring is 1. The van der Waals surface area contributed by atoms with Crippen LogP contribution in [0.15, 0.2) is 24.3 Å². The summed E-state index contributed by atoms with van der Waals surface area (Å²) >= 11 is 2.44. The van der Waals surface area contributed by atoms with E-state index in [1.807, 2.05) is 24.3 Å². The molecule has 1 nitrogen and oxygen atoms in total. The zero-order chi connectivity index (χ0) is 5.98. The predicted octanol–water partition coefficient (Wildman–Crippen LogP) is 0.0626. The van der Waals surface area contributed by atoms with Crippen molar-refractivity contribution in [3.63, 3.8) is 0 Å². The van der Waals surface area contributed by atoms with Crippen molar-refractivity contribution < 1.29 is 0 Å². The van der Waals surface area contributed by atoms with Gasteiger partial charge in [-0.3, -0.25) is 0 Å². The van der Waals surface area contributed by atoms with Gasteiger partial charge in [0.15, 0.2) is 0 Å².